The zero-order chi connectivity index (χ0) is 17.8. The van der Waals surface area contributed by atoms with E-state index in [1.807, 2.05) is 19.1 Å². The quantitative estimate of drug-likeness (QED) is 0.751. The normalized spacial score (nSPS) is 14.4. The van der Waals surface area contributed by atoms with E-state index in [4.69, 9.17) is 9.15 Å². The average molecular weight is 349 g/mol. The molecule has 1 aliphatic heterocycles. The first-order chi connectivity index (χ1) is 12.8. The zero-order valence-electron chi connectivity index (χ0n) is 14.9. The highest BCUT2D eigenvalue weighted by molar-refractivity contribution is 5.62. The molecular weight excluding hydrogens is 326 g/mol. The maximum absolute atomic E-state index is 5.51. The molecule has 2 aromatic carbocycles. The molecule has 1 fully saturated rings. The second-order valence-corrected chi connectivity index (χ2v) is 6.46. The molecule has 4 rings (SSSR count). The zero-order valence-corrected chi connectivity index (χ0v) is 14.9. The number of anilines is 2. The van der Waals surface area contributed by atoms with Crippen molar-refractivity contribution in [1.29, 1.82) is 0 Å². The van der Waals surface area contributed by atoms with E-state index in [2.05, 4.69) is 51.6 Å². The van der Waals surface area contributed by atoms with E-state index in [0.29, 0.717) is 5.89 Å². The number of oxazole rings is 1. The number of benzene rings is 2. The number of aromatic nitrogens is 1. The van der Waals surface area contributed by atoms with Crippen LogP contribution in [0.1, 0.15) is 11.3 Å². The summed E-state index contributed by atoms with van der Waals surface area (Å²) in [5.74, 6) is 0.653. The molecule has 1 saturated heterocycles. The molecule has 0 spiro atoms. The molecule has 134 valence electrons. The van der Waals surface area contributed by atoms with Crippen LogP contribution in [0, 0.1) is 6.92 Å². The molecule has 0 bridgehead atoms. The predicted molar refractivity (Wildman–Crippen MR) is 103 cm³/mol. The van der Waals surface area contributed by atoms with E-state index in [0.717, 1.165) is 49.8 Å². The first-order valence-electron chi connectivity index (χ1n) is 8.96. The van der Waals surface area contributed by atoms with Crippen molar-refractivity contribution < 1.29 is 9.15 Å². The maximum Gasteiger partial charge on any atom is 0.226 e. The minimum Gasteiger partial charge on any atom is -0.444 e. The third-order valence-corrected chi connectivity index (χ3v) is 4.55. The Hall–Kier alpha value is -2.79. The van der Waals surface area contributed by atoms with Crippen molar-refractivity contribution in [3.8, 4) is 11.5 Å². The molecule has 5 nitrogen and oxygen atoms in total. The Morgan fingerprint density at radius 3 is 2.73 bits per heavy atom. The van der Waals surface area contributed by atoms with Crippen LogP contribution < -0.4 is 10.2 Å². The van der Waals surface area contributed by atoms with Crippen LogP contribution in [0.3, 0.4) is 0 Å². The monoisotopic (exact) mass is 349 g/mol. The van der Waals surface area contributed by atoms with E-state index in [1.54, 1.807) is 6.26 Å². The molecule has 2 heterocycles. The number of para-hydroxylation sites is 1. The van der Waals surface area contributed by atoms with Gasteiger partial charge in [-0.25, -0.2) is 4.98 Å². The van der Waals surface area contributed by atoms with Gasteiger partial charge in [0.2, 0.25) is 5.89 Å². The Morgan fingerprint density at radius 1 is 1.08 bits per heavy atom. The largest absolute Gasteiger partial charge is 0.444 e. The van der Waals surface area contributed by atoms with Crippen LogP contribution in [-0.2, 0) is 11.3 Å². The van der Waals surface area contributed by atoms with Gasteiger partial charge in [-0.3, -0.25) is 0 Å². The molecule has 1 N–H and O–H groups in total. The SMILES string of the molecule is Cc1coc(-c2cccc(NCc3ccccc3N3CCOCC3)c2)n1. The van der Waals surface area contributed by atoms with Gasteiger partial charge in [-0.1, -0.05) is 24.3 Å². The van der Waals surface area contributed by atoms with E-state index >= 15 is 0 Å². The third kappa shape index (κ3) is 3.73. The Bertz CT molecular complexity index is 869. The molecule has 0 saturated carbocycles. The molecule has 5 heteroatoms. The molecular formula is C21H23N3O2. The summed E-state index contributed by atoms with van der Waals surface area (Å²) in [4.78, 5) is 6.80. The van der Waals surface area contributed by atoms with Crippen LogP contribution in [0.5, 0.6) is 0 Å². The summed E-state index contributed by atoms with van der Waals surface area (Å²) in [5, 5.41) is 3.53. The number of nitrogens with one attached hydrogen (secondary N) is 1. The van der Waals surface area contributed by atoms with Crippen LogP contribution in [0.4, 0.5) is 11.4 Å². The van der Waals surface area contributed by atoms with Gasteiger partial charge in [0.25, 0.3) is 0 Å². The van der Waals surface area contributed by atoms with Gasteiger partial charge in [0.15, 0.2) is 0 Å². The van der Waals surface area contributed by atoms with Gasteiger partial charge >= 0.3 is 0 Å². The Kier molecular flexibility index (Phi) is 4.88. The van der Waals surface area contributed by atoms with Gasteiger partial charge in [0, 0.05) is 36.6 Å². The molecule has 1 aliphatic rings. The van der Waals surface area contributed by atoms with E-state index in [9.17, 15) is 0 Å². The number of rotatable bonds is 5. The average Bonchev–Trinajstić information content (AvgIpc) is 3.14. The lowest BCUT2D eigenvalue weighted by Gasteiger charge is -2.30. The molecule has 3 aromatic rings. The van der Waals surface area contributed by atoms with Crippen LogP contribution in [-0.4, -0.2) is 31.3 Å². The Balaban J connectivity index is 1.49. The number of hydrogen-bond donors (Lipinski definition) is 1. The van der Waals surface area contributed by atoms with Gasteiger partial charge in [-0.05, 0) is 36.8 Å². The minimum absolute atomic E-state index is 0.653. The van der Waals surface area contributed by atoms with Gasteiger partial charge in [-0.15, -0.1) is 0 Å². The third-order valence-electron chi connectivity index (χ3n) is 4.55. The van der Waals surface area contributed by atoms with Gasteiger partial charge in [0.05, 0.1) is 18.9 Å². The number of hydrogen-bond acceptors (Lipinski definition) is 5. The van der Waals surface area contributed by atoms with Crippen molar-refractivity contribution in [3.63, 3.8) is 0 Å². The highest BCUT2D eigenvalue weighted by Crippen LogP contribution is 2.25. The Labute approximate surface area is 153 Å². The van der Waals surface area contributed by atoms with Crippen LogP contribution in [0.25, 0.3) is 11.5 Å². The molecule has 1 aromatic heterocycles. The number of morpholine rings is 1. The lowest BCUT2D eigenvalue weighted by molar-refractivity contribution is 0.122. The van der Waals surface area contributed by atoms with E-state index in [1.165, 1.54) is 11.3 Å². The van der Waals surface area contributed by atoms with Crippen LogP contribution in [0.2, 0.25) is 0 Å². The fourth-order valence-corrected chi connectivity index (χ4v) is 3.22. The molecule has 26 heavy (non-hydrogen) atoms. The number of aryl methyl sites for hydroxylation is 1. The van der Waals surface area contributed by atoms with Crippen molar-refractivity contribution in [2.24, 2.45) is 0 Å². The number of ether oxygens (including phenoxy) is 1. The van der Waals surface area contributed by atoms with Crippen molar-refractivity contribution in [3.05, 3.63) is 66.1 Å². The summed E-state index contributed by atoms with van der Waals surface area (Å²) in [5.41, 5.74) is 5.48. The number of nitrogens with zero attached hydrogens (tertiary/aromatic N) is 2. The molecule has 0 amide bonds. The van der Waals surface area contributed by atoms with E-state index < -0.39 is 0 Å². The lowest BCUT2D eigenvalue weighted by atomic mass is 10.1. The lowest BCUT2D eigenvalue weighted by Crippen LogP contribution is -2.36. The maximum atomic E-state index is 5.51. The van der Waals surface area contributed by atoms with Gasteiger partial charge < -0.3 is 19.4 Å². The van der Waals surface area contributed by atoms with Gasteiger partial charge in [-0.2, -0.15) is 0 Å². The summed E-state index contributed by atoms with van der Waals surface area (Å²) < 4.78 is 11.0. The second kappa shape index (κ2) is 7.62. The fourth-order valence-electron chi connectivity index (χ4n) is 3.22. The predicted octanol–water partition coefficient (Wildman–Crippen LogP) is 4.10. The van der Waals surface area contributed by atoms with E-state index in [-0.39, 0.29) is 0 Å². The molecule has 0 atom stereocenters. The summed E-state index contributed by atoms with van der Waals surface area (Å²) in [6.45, 7) is 6.16. The fraction of sp³-hybridized carbons (Fsp3) is 0.286. The first kappa shape index (κ1) is 16.7. The highest BCUT2D eigenvalue weighted by Gasteiger charge is 2.14. The van der Waals surface area contributed by atoms with Gasteiger partial charge in [0.1, 0.15) is 6.26 Å². The molecule has 0 radical (unpaired) electrons. The highest BCUT2D eigenvalue weighted by atomic mass is 16.5. The van der Waals surface area contributed by atoms with Crippen LogP contribution in [0.15, 0.2) is 59.2 Å². The van der Waals surface area contributed by atoms with Crippen molar-refractivity contribution >= 4 is 11.4 Å². The Morgan fingerprint density at radius 2 is 1.92 bits per heavy atom. The summed E-state index contributed by atoms with van der Waals surface area (Å²) in [7, 11) is 0. The second-order valence-electron chi connectivity index (χ2n) is 6.46. The molecule has 0 aliphatic carbocycles. The minimum atomic E-state index is 0.653. The van der Waals surface area contributed by atoms with Crippen molar-refractivity contribution in [2.75, 3.05) is 36.5 Å². The standard InChI is InChI=1S/C21H23N3O2/c1-16-15-26-21(23-16)17-6-4-7-19(13-17)22-14-18-5-2-3-8-20(18)24-9-11-25-12-10-24/h2-8,13,15,22H,9-12,14H2,1H3. The van der Waals surface area contributed by atoms with Crippen LogP contribution >= 0.6 is 0 Å². The summed E-state index contributed by atoms with van der Waals surface area (Å²) in [6.07, 6.45) is 1.67. The molecule has 0 unspecified atom stereocenters. The summed E-state index contributed by atoms with van der Waals surface area (Å²) >= 11 is 0. The topological polar surface area (TPSA) is 50.5 Å². The smallest absolute Gasteiger partial charge is 0.226 e. The summed E-state index contributed by atoms with van der Waals surface area (Å²) in [6, 6.07) is 16.7. The first-order valence-corrected chi connectivity index (χ1v) is 8.96. The van der Waals surface area contributed by atoms with Crippen molar-refractivity contribution in [2.45, 2.75) is 13.5 Å². The van der Waals surface area contributed by atoms with Crippen molar-refractivity contribution in [1.82, 2.24) is 4.98 Å².